The molecule has 16 heavy (non-hydrogen) atoms. The van der Waals surface area contributed by atoms with Gasteiger partial charge in [0, 0.05) is 19.7 Å². The predicted octanol–water partition coefficient (Wildman–Crippen LogP) is 1.45. The fraction of sp³-hybridized carbons (Fsp3) is 0.222. The maximum absolute atomic E-state index is 11.4. The summed E-state index contributed by atoms with van der Waals surface area (Å²) in [6.07, 6.45) is 0.662. The minimum atomic E-state index is -3.78. The van der Waals surface area contributed by atoms with Gasteiger partial charge in [0.05, 0.1) is 4.47 Å². The number of hydrogen-bond donors (Lipinski definition) is 0. The molecule has 1 rings (SSSR count). The molecule has 0 bridgehead atoms. The Labute approximate surface area is 102 Å². The second-order valence-electron chi connectivity index (χ2n) is 3.13. The molecule has 1 aromatic rings. The molecule has 0 fully saturated rings. The Balaban J connectivity index is 3.04. The number of carbonyl (C=O) groups is 1. The van der Waals surface area contributed by atoms with Crippen molar-refractivity contribution in [2.75, 3.05) is 14.1 Å². The summed E-state index contributed by atoms with van der Waals surface area (Å²) in [4.78, 5) is 10.5. The summed E-state index contributed by atoms with van der Waals surface area (Å²) in [6.45, 7) is 0. The molecule has 1 aromatic carbocycles. The van der Waals surface area contributed by atoms with Crippen LogP contribution in [0.4, 0.5) is 0 Å². The molecule has 0 aliphatic heterocycles. The number of aldehydes is 1. The molecule has 88 valence electrons. The number of carbonyl (C=O) groups excluding carboxylic acids is 1. The summed E-state index contributed by atoms with van der Waals surface area (Å²) in [5, 5.41) is 0. The van der Waals surface area contributed by atoms with Crippen molar-refractivity contribution in [2.24, 2.45) is 0 Å². The lowest BCUT2D eigenvalue weighted by molar-refractivity contribution is 0.112. The van der Waals surface area contributed by atoms with Gasteiger partial charge >= 0.3 is 10.3 Å². The van der Waals surface area contributed by atoms with Crippen LogP contribution in [0.5, 0.6) is 5.75 Å². The van der Waals surface area contributed by atoms with E-state index in [0.29, 0.717) is 16.3 Å². The summed E-state index contributed by atoms with van der Waals surface area (Å²) in [5.41, 5.74) is 0.432. The maximum Gasteiger partial charge on any atom is 0.384 e. The zero-order valence-electron chi connectivity index (χ0n) is 8.68. The van der Waals surface area contributed by atoms with Gasteiger partial charge in [0.1, 0.15) is 6.29 Å². The number of rotatable bonds is 4. The first-order valence-corrected chi connectivity index (χ1v) is 6.39. The van der Waals surface area contributed by atoms with Crippen molar-refractivity contribution in [3.05, 3.63) is 28.2 Å². The van der Waals surface area contributed by atoms with Crippen molar-refractivity contribution in [3.63, 3.8) is 0 Å². The van der Waals surface area contributed by atoms with Crippen LogP contribution in [0.3, 0.4) is 0 Å². The number of benzene rings is 1. The number of hydrogen-bond acceptors (Lipinski definition) is 4. The highest BCUT2D eigenvalue weighted by Gasteiger charge is 2.17. The highest BCUT2D eigenvalue weighted by molar-refractivity contribution is 9.10. The van der Waals surface area contributed by atoms with Crippen molar-refractivity contribution in [1.82, 2.24) is 4.31 Å². The van der Waals surface area contributed by atoms with Crippen LogP contribution in [0.1, 0.15) is 10.4 Å². The van der Waals surface area contributed by atoms with Crippen LogP contribution in [-0.4, -0.2) is 33.1 Å². The number of halogens is 1. The monoisotopic (exact) mass is 307 g/mol. The first-order chi connectivity index (χ1) is 7.36. The lowest BCUT2D eigenvalue weighted by Gasteiger charge is -2.12. The van der Waals surface area contributed by atoms with Crippen molar-refractivity contribution in [1.29, 1.82) is 0 Å². The van der Waals surface area contributed by atoms with Gasteiger partial charge in [-0.15, -0.1) is 0 Å². The lowest BCUT2D eigenvalue weighted by atomic mass is 10.2. The largest absolute Gasteiger partial charge is 0.384 e. The Kier molecular flexibility index (Phi) is 4.06. The van der Waals surface area contributed by atoms with E-state index in [1.807, 2.05) is 0 Å². The molecule has 0 saturated carbocycles. The molecule has 0 aliphatic carbocycles. The van der Waals surface area contributed by atoms with Crippen LogP contribution in [-0.2, 0) is 10.3 Å². The zero-order valence-corrected chi connectivity index (χ0v) is 11.1. The first kappa shape index (κ1) is 13.1. The van der Waals surface area contributed by atoms with Gasteiger partial charge in [-0.05, 0) is 34.1 Å². The van der Waals surface area contributed by atoms with E-state index in [0.717, 1.165) is 4.31 Å². The van der Waals surface area contributed by atoms with Crippen LogP contribution in [0.15, 0.2) is 22.7 Å². The van der Waals surface area contributed by atoms with Crippen LogP contribution in [0.25, 0.3) is 0 Å². The van der Waals surface area contributed by atoms with Crippen molar-refractivity contribution in [3.8, 4) is 5.75 Å². The average Bonchev–Trinajstić information content (AvgIpc) is 2.20. The maximum atomic E-state index is 11.4. The molecule has 0 amide bonds. The number of nitrogens with zero attached hydrogens (tertiary/aromatic N) is 1. The fourth-order valence-electron chi connectivity index (χ4n) is 0.846. The van der Waals surface area contributed by atoms with Crippen LogP contribution >= 0.6 is 15.9 Å². The Bertz CT molecular complexity index is 498. The smallest absolute Gasteiger partial charge is 0.370 e. The molecule has 0 saturated heterocycles. The molecule has 0 aliphatic rings. The van der Waals surface area contributed by atoms with Gasteiger partial charge in [0.2, 0.25) is 0 Å². The molecule has 7 heteroatoms. The van der Waals surface area contributed by atoms with Crippen molar-refractivity contribution < 1.29 is 17.4 Å². The molecule has 0 unspecified atom stereocenters. The van der Waals surface area contributed by atoms with Gasteiger partial charge in [0.15, 0.2) is 5.75 Å². The quantitative estimate of drug-likeness (QED) is 0.790. The average molecular weight is 308 g/mol. The van der Waals surface area contributed by atoms with Crippen LogP contribution in [0.2, 0.25) is 0 Å². The fourth-order valence-corrected chi connectivity index (χ4v) is 1.95. The molecule has 0 aromatic heterocycles. The standard InChI is InChI=1S/C9H10BrNO4S/c1-11(2)16(13,14)15-9-4-3-7(6-12)5-8(9)10/h3-6H,1-2H3. The van der Waals surface area contributed by atoms with Gasteiger partial charge in [-0.1, -0.05) is 0 Å². The summed E-state index contributed by atoms with van der Waals surface area (Å²) >= 11 is 3.12. The van der Waals surface area contributed by atoms with Crippen molar-refractivity contribution in [2.45, 2.75) is 0 Å². The van der Waals surface area contributed by atoms with E-state index in [-0.39, 0.29) is 5.75 Å². The van der Waals surface area contributed by atoms with Gasteiger partial charge in [-0.2, -0.15) is 12.7 Å². The van der Waals surface area contributed by atoms with Gasteiger partial charge < -0.3 is 4.18 Å². The third-order valence-electron chi connectivity index (χ3n) is 1.73. The van der Waals surface area contributed by atoms with Crippen molar-refractivity contribution >= 4 is 32.5 Å². The molecule has 5 nitrogen and oxygen atoms in total. The third kappa shape index (κ3) is 3.03. The minimum Gasteiger partial charge on any atom is -0.370 e. The summed E-state index contributed by atoms with van der Waals surface area (Å²) < 4.78 is 29.0. The van der Waals surface area contributed by atoms with Crippen LogP contribution < -0.4 is 4.18 Å². The van der Waals surface area contributed by atoms with E-state index in [1.165, 1.54) is 32.3 Å². The van der Waals surface area contributed by atoms with E-state index < -0.39 is 10.3 Å². The zero-order chi connectivity index (χ0) is 12.3. The molecule has 0 N–H and O–H groups in total. The Morgan fingerprint density at radius 3 is 2.44 bits per heavy atom. The Morgan fingerprint density at radius 2 is 2.00 bits per heavy atom. The normalized spacial score (nSPS) is 11.5. The topological polar surface area (TPSA) is 63.7 Å². The van der Waals surface area contributed by atoms with E-state index in [9.17, 15) is 13.2 Å². The SMILES string of the molecule is CN(C)S(=O)(=O)Oc1ccc(C=O)cc1Br. The Morgan fingerprint density at radius 1 is 1.38 bits per heavy atom. The summed E-state index contributed by atoms with van der Waals surface area (Å²) in [7, 11) is -1.05. The molecule has 0 heterocycles. The van der Waals surface area contributed by atoms with E-state index in [4.69, 9.17) is 4.18 Å². The first-order valence-electron chi connectivity index (χ1n) is 4.23. The Hall–Kier alpha value is -0.920. The summed E-state index contributed by atoms with van der Waals surface area (Å²) in [5.74, 6) is 0.138. The second kappa shape index (κ2) is 4.94. The molecule has 0 atom stereocenters. The molecular weight excluding hydrogens is 298 g/mol. The minimum absolute atomic E-state index is 0.138. The highest BCUT2D eigenvalue weighted by atomic mass is 79.9. The second-order valence-corrected chi connectivity index (χ2v) is 5.74. The summed E-state index contributed by atoms with van der Waals surface area (Å²) in [6, 6.07) is 4.36. The molecule has 0 radical (unpaired) electrons. The molecular formula is C9H10BrNO4S. The van der Waals surface area contributed by atoms with Gasteiger partial charge in [-0.3, -0.25) is 4.79 Å². The van der Waals surface area contributed by atoms with Gasteiger partial charge in [0.25, 0.3) is 0 Å². The lowest BCUT2D eigenvalue weighted by Crippen LogP contribution is -2.27. The van der Waals surface area contributed by atoms with E-state index in [2.05, 4.69) is 15.9 Å². The van der Waals surface area contributed by atoms with Crippen LogP contribution in [0, 0.1) is 0 Å². The predicted molar refractivity (Wildman–Crippen MR) is 62.8 cm³/mol. The highest BCUT2D eigenvalue weighted by Crippen LogP contribution is 2.27. The van der Waals surface area contributed by atoms with Gasteiger partial charge in [-0.25, -0.2) is 0 Å². The molecule has 0 spiro atoms. The third-order valence-corrected chi connectivity index (χ3v) is 3.64. The van der Waals surface area contributed by atoms with E-state index in [1.54, 1.807) is 0 Å². The van der Waals surface area contributed by atoms with E-state index >= 15 is 0 Å².